The summed E-state index contributed by atoms with van der Waals surface area (Å²) in [5.74, 6) is 0.788. The van der Waals surface area contributed by atoms with Gasteiger partial charge in [-0.25, -0.2) is 18.1 Å². The predicted molar refractivity (Wildman–Crippen MR) is 83.0 cm³/mol. The molecule has 1 aliphatic rings. The Morgan fingerprint density at radius 3 is 2.71 bits per heavy atom. The van der Waals surface area contributed by atoms with Crippen molar-refractivity contribution in [2.24, 2.45) is 10.9 Å². The van der Waals surface area contributed by atoms with E-state index in [0.717, 1.165) is 6.42 Å². The minimum Gasteiger partial charge on any atom is -0.475 e. The molecule has 0 amide bonds. The van der Waals surface area contributed by atoms with Crippen LogP contribution in [0.3, 0.4) is 0 Å². The summed E-state index contributed by atoms with van der Waals surface area (Å²) in [5.41, 5.74) is 0.532. The molecule has 6 heteroatoms. The van der Waals surface area contributed by atoms with Crippen LogP contribution in [0.1, 0.15) is 32.8 Å². The van der Waals surface area contributed by atoms with Gasteiger partial charge < -0.3 is 4.74 Å². The summed E-state index contributed by atoms with van der Waals surface area (Å²) in [6, 6.07) is 6.91. The first-order valence-corrected chi connectivity index (χ1v) is 8.73. The van der Waals surface area contributed by atoms with Crippen molar-refractivity contribution in [2.75, 3.05) is 13.2 Å². The second-order valence-corrected chi connectivity index (χ2v) is 7.19. The summed E-state index contributed by atoms with van der Waals surface area (Å²) in [6.45, 7) is 6.99. The third kappa shape index (κ3) is 3.63. The van der Waals surface area contributed by atoms with Gasteiger partial charge in [0.05, 0.1) is 16.5 Å². The molecular weight excluding hydrogens is 288 g/mol. The quantitative estimate of drug-likeness (QED) is 0.875. The number of hydrogen-bond acceptors (Lipinski definition) is 4. The zero-order valence-electron chi connectivity index (χ0n) is 12.7. The standard InChI is InChI=1S/C15H22N2O3S/c1-4-9-16-21(18,19)14-8-6-5-7-12(14)15-17-13(10-20-15)11(2)3/h5-8,11,13,16H,4,9-10H2,1-3H3/t13-/m1/s1. The Hall–Kier alpha value is -1.40. The molecule has 0 fully saturated rings. The highest BCUT2D eigenvalue weighted by Gasteiger charge is 2.27. The molecule has 116 valence electrons. The lowest BCUT2D eigenvalue weighted by Crippen LogP contribution is -2.26. The van der Waals surface area contributed by atoms with Crippen LogP contribution < -0.4 is 4.72 Å². The molecule has 0 bridgehead atoms. The molecule has 0 saturated carbocycles. The van der Waals surface area contributed by atoms with E-state index in [9.17, 15) is 8.42 Å². The van der Waals surface area contributed by atoms with E-state index in [1.807, 2.05) is 6.92 Å². The maximum atomic E-state index is 12.4. The van der Waals surface area contributed by atoms with Crippen LogP contribution in [-0.4, -0.2) is 33.5 Å². The van der Waals surface area contributed by atoms with Crippen LogP contribution in [0.4, 0.5) is 0 Å². The summed E-state index contributed by atoms with van der Waals surface area (Å²) in [5, 5.41) is 0. The van der Waals surface area contributed by atoms with Crippen LogP contribution in [0.2, 0.25) is 0 Å². The molecule has 0 aromatic heterocycles. The summed E-state index contributed by atoms with van der Waals surface area (Å²) in [7, 11) is -3.54. The molecular formula is C15H22N2O3S. The second-order valence-electron chi connectivity index (χ2n) is 5.45. The van der Waals surface area contributed by atoms with Crippen molar-refractivity contribution in [2.45, 2.75) is 38.1 Å². The van der Waals surface area contributed by atoms with Crippen molar-refractivity contribution in [3.8, 4) is 0 Å². The van der Waals surface area contributed by atoms with Crippen LogP contribution in [0, 0.1) is 5.92 Å². The van der Waals surface area contributed by atoms with Crippen molar-refractivity contribution in [3.05, 3.63) is 29.8 Å². The fourth-order valence-electron chi connectivity index (χ4n) is 2.07. The first kappa shape index (κ1) is 16.0. The molecule has 0 spiro atoms. The number of hydrogen-bond donors (Lipinski definition) is 1. The zero-order valence-corrected chi connectivity index (χ0v) is 13.5. The molecule has 0 unspecified atom stereocenters. The molecule has 1 N–H and O–H groups in total. The highest BCUT2D eigenvalue weighted by atomic mass is 32.2. The van der Waals surface area contributed by atoms with Crippen molar-refractivity contribution in [1.82, 2.24) is 4.72 Å². The second kappa shape index (κ2) is 6.58. The Balaban J connectivity index is 2.37. The number of nitrogens with zero attached hydrogens (tertiary/aromatic N) is 1. The number of benzene rings is 1. The highest BCUT2D eigenvalue weighted by Crippen LogP contribution is 2.22. The number of aliphatic imine (C=N–C) groups is 1. The Labute approximate surface area is 126 Å². The maximum Gasteiger partial charge on any atom is 0.241 e. The molecule has 0 aliphatic carbocycles. The van der Waals surface area contributed by atoms with Gasteiger partial charge in [0.2, 0.25) is 15.9 Å². The van der Waals surface area contributed by atoms with Gasteiger partial charge in [0.1, 0.15) is 6.61 Å². The van der Waals surface area contributed by atoms with Crippen LogP contribution in [-0.2, 0) is 14.8 Å². The Morgan fingerprint density at radius 1 is 1.38 bits per heavy atom. The van der Waals surface area contributed by atoms with Gasteiger partial charge in [-0.15, -0.1) is 0 Å². The van der Waals surface area contributed by atoms with Crippen LogP contribution in [0.15, 0.2) is 34.2 Å². The van der Waals surface area contributed by atoms with Gasteiger partial charge in [-0.3, -0.25) is 0 Å². The Bertz CT molecular complexity index is 624. The highest BCUT2D eigenvalue weighted by molar-refractivity contribution is 7.89. The van der Waals surface area contributed by atoms with Gasteiger partial charge in [0, 0.05) is 6.54 Å². The summed E-state index contributed by atoms with van der Waals surface area (Å²) in [6.07, 6.45) is 0.744. The maximum absolute atomic E-state index is 12.4. The number of nitrogens with one attached hydrogen (secondary N) is 1. The van der Waals surface area contributed by atoms with E-state index in [1.165, 1.54) is 0 Å². The number of sulfonamides is 1. The number of ether oxygens (including phenoxy) is 1. The largest absolute Gasteiger partial charge is 0.475 e. The van der Waals surface area contributed by atoms with Crippen molar-refractivity contribution in [1.29, 1.82) is 0 Å². The molecule has 1 aliphatic heterocycles. The lowest BCUT2D eigenvalue weighted by Gasteiger charge is -2.10. The van der Waals surface area contributed by atoms with Crippen molar-refractivity contribution in [3.63, 3.8) is 0 Å². The van der Waals surface area contributed by atoms with Gasteiger partial charge >= 0.3 is 0 Å². The molecule has 21 heavy (non-hydrogen) atoms. The summed E-state index contributed by atoms with van der Waals surface area (Å²) < 4.78 is 32.9. The van der Waals surface area contributed by atoms with Gasteiger partial charge in [0.15, 0.2) is 0 Å². The van der Waals surface area contributed by atoms with Crippen molar-refractivity contribution < 1.29 is 13.2 Å². The van der Waals surface area contributed by atoms with Crippen LogP contribution >= 0.6 is 0 Å². The Kier molecular flexibility index (Phi) is 5.00. The van der Waals surface area contributed by atoms with E-state index in [2.05, 4.69) is 23.6 Å². The monoisotopic (exact) mass is 310 g/mol. The average molecular weight is 310 g/mol. The first-order chi connectivity index (χ1) is 9.95. The van der Waals surface area contributed by atoms with Crippen LogP contribution in [0.25, 0.3) is 0 Å². The average Bonchev–Trinajstić information content (AvgIpc) is 2.95. The molecule has 1 aromatic carbocycles. The van der Waals surface area contributed by atoms with Crippen LogP contribution in [0.5, 0.6) is 0 Å². The molecule has 1 atom stereocenters. The van der Waals surface area contributed by atoms with E-state index in [0.29, 0.717) is 30.5 Å². The topological polar surface area (TPSA) is 67.8 Å². The fourth-order valence-corrected chi connectivity index (χ4v) is 3.40. The lowest BCUT2D eigenvalue weighted by molar-refractivity contribution is 0.291. The normalized spacial score (nSPS) is 18.7. The number of rotatable bonds is 6. The summed E-state index contributed by atoms with van der Waals surface area (Å²) >= 11 is 0. The smallest absolute Gasteiger partial charge is 0.241 e. The molecule has 5 nitrogen and oxygen atoms in total. The molecule has 0 radical (unpaired) electrons. The van der Waals surface area contributed by atoms with E-state index in [1.54, 1.807) is 24.3 Å². The molecule has 1 aromatic rings. The van der Waals surface area contributed by atoms with E-state index < -0.39 is 10.0 Å². The fraction of sp³-hybridized carbons (Fsp3) is 0.533. The van der Waals surface area contributed by atoms with E-state index in [4.69, 9.17) is 4.74 Å². The molecule has 0 saturated heterocycles. The summed E-state index contributed by atoms with van der Waals surface area (Å²) in [4.78, 5) is 4.74. The SMILES string of the molecule is CCCNS(=O)(=O)c1ccccc1C1=N[C@@H](C(C)C)CO1. The third-order valence-electron chi connectivity index (χ3n) is 3.39. The zero-order chi connectivity index (χ0) is 15.5. The third-order valence-corrected chi connectivity index (χ3v) is 4.91. The lowest BCUT2D eigenvalue weighted by atomic mass is 10.1. The first-order valence-electron chi connectivity index (χ1n) is 7.25. The predicted octanol–water partition coefficient (Wildman–Crippen LogP) is 2.18. The van der Waals surface area contributed by atoms with Gasteiger partial charge in [0.25, 0.3) is 0 Å². The minimum absolute atomic E-state index is 0.0827. The van der Waals surface area contributed by atoms with Gasteiger partial charge in [-0.05, 0) is 24.5 Å². The van der Waals surface area contributed by atoms with E-state index in [-0.39, 0.29) is 10.9 Å². The molecule has 2 rings (SSSR count). The Morgan fingerprint density at radius 2 is 2.10 bits per heavy atom. The molecule has 1 heterocycles. The van der Waals surface area contributed by atoms with Crippen molar-refractivity contribution >= 4 is 15.9 Å². The van der Waals surface area contributed by atoms with Gasteiger partial charge in [-0.2, -0.15) is 0 Å². The minimum atomic E-state index is -3.54. The van der Waals surface area contributed by atoms with Gasteiger partial charge in [-0.1, -0.05) is 32.9 Å². The van der Waals surface area contributed by atoms with E-state index >= 15 is 0 Å².